The number of aryl methyl sites for hydroxylation is 2. The van der Waals surface area contributed by atoms with Gasteiger partial charge in [0, 0.05) is 17.7 Å². The number of benzene rings is 2. The number of fused-ring (bicyclic) bond motifs is 1. The van der Waals surface area contributed by atoms with Gasteiger partial charge >= 0.3 is 0 Å². The highest BCUT2D eigenvalue weighted by atomic mass is 16.2. The number of ketones is 1. The van der Waals surface area contributed by atoms with Gasteiger partial charge in [0.1, 0.15) is 11.7 Å². The first kappa shape index (κ1) is 23.1. The molecule has 1 N–H and O–H groups in total. The standard InChI is InChI=1S/C26H27N5O3/c1-16(2)9-24(33)29-20-7-5-19(6-8-20)23(32)14-30-15-27-25-22(26(30)34)13-28-31(25)21-11-17(3)10-18(4)12-21/h5-8,10-13,15-16H,9,14H2,1-4H3,(H,29,33). The fourth-order valence-corrected chi connectivity index (χ4v) is 3.89. The second-order valence-corrected chi connectivity index (χ2v) is 8.96. The summed E-state index contributed by atoms with van der Waals surface area (Å²) in [6.45, 7) is 7.81. The summed E-state index contributed by atoms with van der Waals surface area (Å²) in [6, 6.07) is 12.7. The van der Waals surface area contributed by atoms with Gasteiger partial charge in [0.05, 0.1) is 18.4 Å². The molecule has 0 bridgehead atoms. The molecule has 0 aliphatic carbocycles. The van der Waals surface area contributed by atoms with Crippen LogP contribution in [0.5, 0.6) is 0 Å². The molecule has 4 aromatic rings. The van der Waals surface area contributed by atoms with Crippen LogP contribution in [0.3, 0.4) is 0 Å². The number of nitrogens with one attached hydrogen (secondary N) is 1. The lowest BCUT2D eigenvalue weighted by Gasteiger charge is -2.09. The fourth-order valence-electron chi connectivity index (χ4n) is 3.89. The zero-order chi connectivity index (χ0) is 24.4. The third-order valence-electron chi connectivity index (χ3n) is 5.40. The highest BCUT2D eigenvalue weighted by Crippen LogP contribution is 2.17. The minimum atomic E-state index is -0.327. The van der Waals surface area contributed by atoms with Gasteiger partial charge in [0.15, 0.2) is 11.4 Å². The molecule has 0 saturated heterocycles. The molecule has 8 nitrogen and oxygen atoms in total. The minimum Gasteiger partial charge on any atom is -0.326 e. The van der Waals surface area contributed by atoms with Crippen LogP contribution in [-0.4, -0.2) is 31.0 Å². The van der Waals surface area contributed by atoms with Crippen molar-refractivity contribution in [1.82, 2.24) is 19.3 Å². The molecule has 4 rings (SSSR count). The van der Waals surface area contributed by atoms with Crippen molar-refractivity contribution in [3.8, 4) is 5.69 Å². The number of anilines is 1. The number of amides is 1. The molecule has 2 aromatic heterocycles. The summed E-state index contributed by atoms with van der Waals surface area (Å²) in [5.41, 5.74) is 4.19. The maximum absolute atomic E-state index is 13.0. The topological polar surface area (TPSA) is 98.9 Å². The van der Waals surface area contributed by atoms with Crippen LogP contribution in [0, 0.1) is 19.8 Å². The molecule has 0 atom stereocenters. The maximum Gasteiger partial charge on any atom is 0.264 e. The van der Waals surface area contributed by atoms with Crippen molar-refractivity contribution in [2.45, 2.75) is 40.7 Å². The Hall–Kier alpha value is -4.07. The van der Waals surface area contributed by atoms with E-state index in [-0.39, 0.29) is 29.7 Å². The predicted molar refractivity (Wildman–Crippen MR) is 131 cm³/mol. The quantitative estimate of drug-likeness (QED) is 0.422. The van der Waals surface area contributed by atoms with Crippen molar-refractivity contribution in [2.24, 2.45) is 5.92 Å². The van der Waals surface area contributed by atoms with E-state index < -0.39 is 0 Å². The van der Waals surface area contributed by atoms with Crippen molar-refractivity contribution < 1.29 is 9.59 Å². The van der Waals surface area contributed by atoms with E-state index in [1.807, 2.05) is 39.8 Å². The number of aromatic nitrogens is 4. The molecule has 0 fully saturated rings. The lowest BCUT2D eigenvalue weighted by Crippen LogP contribution is -2.24. The van der Waals surface area contributed by atoms with Crippen LogP contribution in [0.15, 0.2) is 59.8 Å². The third-order valence-corrected chi connectivity index (χ3v) is 5.40. The van der Waals surface area contributed by atoms with E-state index in [0.29, 0.717) is 28.7 Å². The first-order valence-corrected chi connectivity index (χ1v) is 11.2. The highest BCUT2D eigenvalue weighted by molar-refractivity contribution is 5.97. The molecule has 0 radical (unpaired) electrons. The van der Waals surface area contributed by atoms with E-state index in [0.717, 1.165) is 16.8 Å². The molecule has 0 aliphatic rings. The molecule has 0 spiro atoms. The van der Waals surface area contributed by atoms with Gasteiger partial charge in [-0.25, -0.2) is 9.67 Å². The fraction of sp³-hybridized carbons (Fsp3) is 0.269. The van der Waals surface area contributed by atoms with E-state index in [9.17, 15) is 14.4 Å². The number of nitrogens with zero attached hydrogens (tertiary/aromatic N) is 4. The van der Waals surface area contributed by atoms with Crippen LogP contribution in [0.2, 0.25) is 0 Å². The van der Waals surface area contributed by atoms with E-state index in [2.05, 4.69) is 21.5 Å². The SMILES string of the molecule is Cc1cc(C)cc(-n2ncc3c(=O)n(CC(=O)c4ccc(NC(=O)CC(C)C)cc4)cnc32)c1. The Bertz CT molecular complexity index is 1410. The second-order valence-electron chi connectivity index (χ2n) is 8.96. The largest absolute Gasteiger partial charge is 0.326 e. The summed E-state index contributed by atoms with van der Waals surface area (Å²) >= 11 is 0. The minimum absolute atomic E-state index is 0.0682. The maximum atomic E-state index is 13.0. The Kier molecular flexibility index (Phi) is 6.40. The van der Waals surface area contributed by atoms with Gasteiger partial charge in [-0.1, -0.05) is 19.9 Å². The van der Waals surface area contributed by atoms with E-state index in [4.69, 9.17) is 0 Å². The highest BCUT2D eigenvalue weighted by Gasteiger charge is 2.15. The van der Waals surface area contributed by atoms with E-state index in [1.165, 1.54) is 17.1 Å². The Morgan fingerprint density at radius 3 is 2.35 bits per heavy atom. The van der Waals surface area contributed by atoms with Crippen LogP contribution in [0.1, 0.15) is 41.8 Å². The molecule has 0 aliphatic heterocycles. The number of carbonyl (C=O) groups excluding carboxylic acids is 2. The molecular weight excluding hydrogens is 430 g/mol. The normalized spacial score (nSPS) is 11.2. The van der Waals surface area contributed by atoms with Gasteiger partial charge in [-0.2, -0.15) is 5.10 Å². The van der Waals surface area contributed by atoms with Gasteiger partial charge in [0.25, 0.3) is 5.56 Å². The molecule has 2 aromatic carbocycles. The zero-order valence-electron chi connectivity index (χ0n) is 19.7. The average molecular weight is 458 g/mol. The van der Waals surface area contributed by atoms with Crippen molar-refractivity contribution in [3.05, 3.63) is 82.0 Å². The van der Waals surface area contributed by atoms with Gasteiger partial charge in [-0.15, -0.1) is 0 Å². The van der Waals surface area contributed by atoms with Gasteiger partial charge in [-0.05, 0) is 67.3 Å². The third kappa shape index (κ3) is 4.96. The molecule has 0 unspecified atom stereocenters. The van der Waals surface area contributed by atoms with Crippen LogP contribution >= 0.6 is 0 Å². The van der Waals surface area contributed by atoms with Gasteiger partial charge in [0.2, 0.25) is 5.91 Å². The lowest BCUT2D eigenvalue weighted by atomic mass is 10.1. The van der Waals surface area contributed by atoms with Crippen molar-refractivity contribution in [3.63, 3.8) is 0 Å². The van der Waals surface area contributed by atoms with Gasteiger partial charge < -0.3 is 5.32 Å². The Morgan fingerprint density at radius 2 is 1.71 bits per heavy atom. The summed E-state index contributed by atoms with van der Waals surface area (Å²) in [5, 5.41) is 7.52. The van der Waals surface area contributed by atoms with Crippen molar-refractivity contribution >= 4 is 28.4 Å². The van der Waals surface area contributed by atoms with E-state index in [1.54, 1.807) is 28.9 Å². The number of rotatable bonds is 7. The average Bonchev–Trinajstić information content (AvgIpc) is 3.20. The van der Waals surface area contributed by atoms with Crippen LogP contribution < -0.4 is 10.9 Å². The van der Waals surface area contributed by atoms with Gasteiger partial charge in [-0.3, -0.25) is 19.0 Å². The van der Waals surface area contributed by atoms with Crippen LogP contribution in [0.4, 0.5) is 5.69 Å². The molecule has 8 heteroatoms. The number of Topliss-reactive ketones (excluding diaryl/α,β-unsaturated/α-hetero) is 1. The van der Waals surface area contributed by atoms with Crippen molar-refractivity contribution in [2.75, 3.05) is 5.32 Å². The molecule has 34 heavy (non-hydrogen) atoms. The molecule has 1 amide bonds. The smallest absolute Gasteiger partial charge is 0.264 e. The lowest BCUT2D eigenvalue weighted by molar-refractivity contribution is -0.116. The first-order valence-electron chi connectivity index (χ1n) is 11.2. The summed E-state index contributed by atoms with van der Waals surface area (Å²) in [4.78, 5) is 42.1. The summed E-state index contributed by atoms with van der Waals surface area (Å²) in [6.07, 6.45) is 3.29. The monoisotopic (exact) mass is 457 g/mol. The number of hydrogen-bond acceptors (Lipinski definition) is 5. The first-order chi connectivity index (χ1) is 16.2. The zero-order valence-corrected chi connectivity index (χ0v) is 19.7. The van der Waals surface area contributed by atoms with E-state index >= 15 is 0 Å². The summed E-state index contributed by atoms with van der Waals surface area (Å²) in [7, 11) is 0. The van der Waals surface area contributed by atoms with Crippen molar-refractivity contribution in [1.29, 1.82) is 0 Å². The Morgan fingerprint density at radius 1 is 1.03 bits per heavy atom. The molecule has 174 valence electrons. The predicted octanol–water partition coefficient (Wildman–Crippen LogP) is 4.07. The molecule has 2 heterocycles. The number of carbonyl (C=O) groups is 2. The summed E-state index contributed by atoms with van der Waals surface area (Å²) < 4.78 is 2.92. The summed E-state index contributed by atoms with van der Waals surface area (Å²) in [5.74, 6) is -0.0375. The van der Waals surface area contributed by atoms with Crippen LogP contribution in [-0.2, 0) is 11.3 Å². The second kappa shape index (κ2) is 9.43. The number of hydrogen-bond donors (Lipinski definition) is 1. The van der Waals surface area contributed by atoms with Crippen LogP contribution in [0.25, 0.3) is 16.7 Å². The Balaban J connectivity index is 1.53. The Labute approximate surface area is 197 Å². The molecular formula is C26H27N5O3. The molecule has 0 saturated carbocycles.